The first kappa shape index (κ1) is 9.93. The summed E-state index contributed by atoms with van der Waals surface area (Å²) in [7, 11) is 1.71. The highest BCUT2D eigenvalue weighted by Crippen LogP contribution is 2.19. The molecule has 0 bridgehead atoms. The van der Waals surface area contributed by atoms with Crippen LogP contribution in [0.1, 0.15) is 5.56 Å². The normalized spacial score (nSPS) is 10.5. The van der Waals surface area contributed by atoms with Crippen LogP contribution in [-0.2, 0) is 11.2 Å². The Labute approximate surface area is 88.7 Å². The number of hydrogen-bond acceptors (Lipinski definition) is 3. The van der Waals surface area contributed by atoms with Crippen LogP contribution >= 0.6 is 0 Å². The van der Waals surface area contributed by atoms with Crippen LogP contribution in [-0.4, -0.2) is 18.7 Å². The molecule has 3 nitrogen and oxygen atoms in total. The van der Waals surface area contributed by atoms with Crippen molar-refractivity contribution in [3.8, 4) is 11.3 Å². The second-order valence-electron chi connectivity index (χ2n) is 3.31. The number of rotatable bonds is 4. The predicted octanol–water partition coefficient (Wildman–Crippen LogP) is 2.53. The number of methoxy groups -OCH3 is 1. The van der Waals surface area contributed by atoms with Gasteiger partial charge in [0.2, 0.25) is 0 Å². The minimum absolute atomic E-state index is 0.736. The van der Waals surface area contributed by atoms with E-state index in [-0.39, 0.29) is 0 Å². The zero-order valence-corrected chi connectivity index (χ0v) is 8.64. The molecule has 0 radical (unpaired) electrons. The minimum atomic E-state index is 0.736. The Kier molecular flexibility index (Phi) is 3.15. The first-order valence-corrected chi connectivity index (χ1v) is 4.87. The molecule has 0 spiro atoms. The molecular weight excluding hydrogens is 190 g/mol. The Morgan fingerprint density at radius 1 is 1.40 bits per heavy atom. The van der Waals surface area contributed by atoms with Gasteiger partial charge in [0.25, 0.3) is 0 Å². The van der Waals surface area contributed by atoms with Crippen molar-refractivity contribution in [2.75, 3.05) is 13.7 Å². The first-order chi connectivity index (χ1) is 7.40. The summed E-state index contributed by atoms with van der Waals surface area (Å²) in [6, 6.07) is 8.21. The summed E-state index contributed by atoms with van der Waals surface area (Å²) in [5.74, 6) is 0.800. The SMILES string of the molecule is COCCc1cccc(-c2cnco2)c1. The maximum Gasteiger partial charge on any atom is 0.181 e. The molecule has 2 rings (SSSR count). The van der Waals surface area contributed by atoms with Crippen molar-refractivity contribution in [3.63, 3.8) is 0 Å². The highest BCUT2D eigenvalue weighted by Gasteiger charge is 2.01. The van der Waals surface area contributed by atoms with Crippen molar-refractivity contribution in [1.82, 2.24) is 4.98 Å². The van der Waals surface area contributed by atoms with Crippen molar-refractivity contribution in [1.29, 1.82) is 0 Å². The van der Waals surface area contributed by atoms with E-state index in [9.17, 15) is 0 Å². The van der Waals surface area contributed by atoms with Crippen molar-refractivity contribution in [3.05, 3.63) is 42.4 Å². The van der Waals surface area contributed by atoms with E-state index in [1.807, 2.05) is 12.1 Å². The maximum atomic E-state index is 5.24. The fourth-order valence-electron chi connectivity index (χ4n) is 1.46. The molecule has 1 aromatic carbocycles. The van der Waals surface area contributed by atoms with Crippen LogP contribution in [0.4, 0.5) is 0 Å². The highest BCUT2D eigenvalue weighted by molar-refractivity contribution is 5.57. The number of nitrogens with zero attached hydrogens (tertiary/aromatic N) is 1. The van der Waals surface area contributed by atoms with Gasteiger partial charge in [-0.25, -0.2) is 4.98 Å². The van der Waals surface area contributed by atoms with E-state index in [1.54, 1.807) is 13.3 Å². The van der Waals surface area contributed by atoms with Gasteiger partial charge in [-0.3, -0.25) is 0 Å². The van der Waals surface area contributed by atoms with E-state index in [4.69, 9.17) is 9.15 Å². The summed E-state index contributed by atoms with van der Waals surface area (Å²) < 4.78 is 10.3. The number of benzene rings is 1. The second-order valence-corrected chi connectivity index (χ2v) is 3.31. The zero-order valence-electron chi connectivity index (χ0n) is 8.64. The van der Waals surface area contributed by atoms with Crippen LogP contribution in [0.2, 0.25) is 0 Å². The van der Waals surface area contributed by atoms with Crippen LogP contribution < -0.4 is 0 Å². The molecular formula is C12H13NO2. The van der Waals surface area contributed by atoms with Gasteiger partial charge in [0.1, 0.15) is 0 Å². The minimum Gasteiger partial charge on any atom is -0.444 e. The second kappa shape index (κ2) is 4.75. The Morgan fingerprint density at radius 2 is 2.33 bits per heavy atom. The molecule has 0 aliphatic carbocycles. The number of ether oxygens (including phenoxy) is 1. The molecule has 0 aliphatic rings. The molecule has 1 heterocycles. The molecule has 0 saturated carbocycles. The van der Waals surface area contributed by atoms with Crippen LogP contribution in [0.3, 0.4) is 0 Å². The average Bonchev–Trinajstić information content (AvgIpc) is 2.80. The molecule has 3 heteroatoms. The molecule has 0 unspecified atom stereocenters. The lowest BCUT2D eigenvalue weighted by Crippen LogP contribution is -1.94. The van der Waals surface area contributed by atoms with E-state index >= 15 is 0 Å². The Hall–Kier alpha value is -1.61. The molecule has 0 saturated heterocycles. The van der Waals surface area contributed by atoms with Gasteiger partial charge >= 0.3 is 0 Å². The Bertz CT molecular complexity index is 409. The van der Waals surface area contributed by atoms with Gasteiger partial charge < -0.3 is 9.15 Å². The van der Waals surface area contributed by atoms with Gasteiger partial charge in [-0.1, -0.05) is 18.2 Å². The van der Waals surface area contributed by atoms with E-state index < -0.39 is 0 Å². The third-order valence-corrected chi connectivity index (χ3v) is 2.24. The summed E-state index contributed by atoms with van der Waals surface area (Å²) in [6.07, 6.45) is 4.07. The third kappa shape index (κ3) is 2.44. The fourth-order valence-corrected chi connectivity index (χ4v) is 1.46. The molecule has 1 aromatic heterocycles. The summed E-state index contributed by atoms with van der Waals surface area (Å²) in [5.41, 5.74) is 2.30. The van der Waals surface area contributed by atoms with Crippen molar-refractivity contribution < 1.29 is 9.15 Å². The molecule has 0 N–H and O–H groups in total. The summed E-state index contributed by atoms with van der Waals surface area (Å²) in [5, 5.41) is 0. The van der Waals surface area contributed by atoms with Gasteiger partial charge in [0, 0.05) is 12.7 Å². The van der Waals surface area contributed by atoms with E-state index in [1.165, 1.54) is 12.0 Å². The zero-order chi connectivity index (χ0) is 10.5. The van der Waals surface area contributed by atoms with Crippen LogP contribution in [0, 0.1) is 0 Å². The standard InChI is InChI=1S/C12H13NO2/c1-14-6-5-10-3-2-4-11(7-10)12-8-13-9-15-12/h2-4,7-9H,5-6H2,1H3. The third-order valence-electron chi connectivity index (χ3n) is 2.24. The molecule has 15 heavy (non-hydrogen) atoms. The van der Waals surface area contributed by atoms with Crippen LogP contribution in [0.5, 0.6) is 0 Å². The first-order valence-electron chi connectivity index (χ1n) is 4.87. The lowest BCUT2D eigenvalue weighted by atomic mass is 10.1. The lowest BCUT2D eigenvalue weighted by Gasteiger charge is -2.02. The average molecular weight is 203 g/mol. The van der Waals surface area contributed by atoms with Gasteiger partial charge in [-0.15, -0.1) is 0 Å². The molecule has 78 valence electrons. The summed E-state index contributed by atoms with van der Waals surface area (Å²) in [4.78, 5) is 3.90. The largest absolute Gasteiger partial charge is 0.444 e. The summed E-state index contributed by atoms with van der Waals surface area (Å²) in [6.45, 7) is 0.736. The smallest absolute Gasteiger partial charge is 0.181 e. The number of oxazole rings is 1. The summed E-state index contributed by atoms with van der Waals surface area (Å²) >= 11 is 0. The van der Waals surface area contributed by atoms with E-state index in [2.05, 4.69) is 17.1 Å². The lowest BCUT2D eigenvalue weighted by molar-refractivity contribution is 0.202. The fraction of sp³-hybridized carbons (Fsp3) is 0.250. The van der Waals surface area contributed by atoms with Crippen LogP contribution in [0.25, 0.3) is 11.3 Å². The molecule has 2 aromatic rings. The van der Waals surface area contributed by atoms with Crippen molar-refractivity contribution >= 4 is 0 Å². The number of hydrogen-bond donors (Lipinski definition) is 0. The van der Waals surface area contributed by atoms with Gasteiger partial charge in [-0.2, -0.15) is 0 Å². The maximum absolute atomic E-state index is 5.24. The topological polar surface area (TPSA) is 35.3 Å². The Balaban J connectivity index is 2.19. The van der Waals surface area contributed by atoms with Crippen molar-refractivity contribution in [2.24, 2.45) is 0 Å². The van der Waals surface area contributed by atoms with Gasteiger partial charge in [-0.05, 0) is 18.1 Å². The van der Waals surface area contributed by atoms with Gasteiger partial charge in [0.15, 0.2) is 12.2 Å². The molecule has 0 amide bonds. The van der Waals surface area contributed by atoms with E-state index in [0.717, 1.165) is 24.4 Å². The molecule has 0 aliphatic heterocycles. The monoisotopic (exact) mass is 203 g/mol. The van der Waals surface area contributed by atoms with Crippen LogP contribution in [0.15, 0.2) is 41.3 Å². The quantitative estimate of drug-likeness (QED) is 0.766. The number of aromatic nitrogens is 1. The molecule has 0 atom stereocenters. The predicted molar refractivity (Wildman–Crippen MR) is 57.5 cm³/mol. The van der Waals surface area contributed by atoms with Gasteiger partial charge in [0.05, 0.1) is 12.8 Å². The van der Waals surface area contributed by atoms with Crippen molar-refractivity contribution in [2.45, 2.75) is 6.42 Å². The Morgan fingerprint density at radius 3 is 3.07 bits per heavy atom. The van der Waals surface area contributed by atoms with E-state index in [0.29, 0.717) is 0 Å². The highest BCUT2D eigenvalue weighted by atomic mass is 16.5. The molecule has 0 fully saturated rings.